The van der Waals surface area contributed by atoms with E-state index >= 15 is 0 Å². The van der Waals surface area contributed by atoms with Crippen molar-refractivity contribution in [2.24, 2.45) is 0 Å². The third kappa shape index (κ3) is 6.34. The fourth-order valence-corrected chi connectivity index (χ4v) is 2.72. The summed E-state index contributed by atoms with van der Waals surface area (Å²) in [5, 5.41) is 3.51. The third-order valence-corrected chi connectivity index (χ3v) is 4.21. The molecule has 0 fully saturated rings. The highest BCUT2D eigenvalue weighted by Gasteiger charge is 2.01. The minimum Gasteiger partial charge on any atom is -0.489 e. The monoisotopic (exact) mass is 326 g/mol. The maximum Gasteiger partial charge on any atom is 0.120 e. The van der Waals surface area contributed by atoms with Crippen molar-refractivity contribution in [3.63, 3.8) is 0 Å². The third-order valence-electron chi connectivity index (χ3n) is 4.21. The van der Waals surface area contributed by atoms with Crippen LogP contribution in [0.4, 0.5) is 0 Å². The minimum absolute atomic E-state index is 0.612. The molecule has 0 radical (unpaired) electrons. The quantitative estimate of drug-likeness (QED) is 0.668. The molecule has 2 rings (SSSR count). The van der Waals surface area contributed by atoms with Gasteiger partial charge in [-0.05, 0) is 43.3 Å². The topological polar surface area (TPSA) is 24.5 Å². The van der Waals surface area contributed by atoms with Gasteiger partial charge in [0.15, 0.2) is 0 Å². The summed E-state index contributed by atoms with van der Waals surface area (Å²) in [5.74, 6) is 0.930. The van der Waals surface area contributed by atoms with Gasteiger partial charge in [-0.2, -0.15) is 0 Å². The zero-order valence-electron chi connectivity index (χ0n) is 15.2. The Morgan fingerprint density at radius 3 is 2.46 bits per heavy atom. The average Bonchev–Trinajstić information content (AvgIpc) is 2.61. The highest BCUT2D eigenvalue weighted by atomic mass is 16.5. The van der Waals surface area contributed by atoms with E-state index < -0.39 is 0 Å². The van der Waals surface area contributed by atoms with E-state index in [0.29, 0.717) is 6.61 Å². The first-order chi connectivity index (χ1) is 11.7. The van der Waals surface area contributed by atoms with Crippen molar-refractivity contribution in [3.8, 4) is 5.75 Å². The Labute approximate surface area is 146 Å². The summed E-state index contributed by atoms with van der Waals surface area (Å²) in [6.45, 7) is 12.3. The number of hydrogen-bond donors (Lipinski definition) is 1. The Morgan fingerprint density at radius 2 is 1.71 bits per heavy atom. The van der Waals surface area contributed by atoms with Crippen LogP contribution in [0.2, 0.25) is 0 Å². The van der Waals surface area contributed by atoms with E-state index in [1.165, 1.54) is 16.7 Å². The van der Waals surface area contributed by atoms with Crippen LogP contribution in [-0.2, 0) is 13.2 Å². The van der Waals surface area contributed by atoms with Crippen molar-refractivity contribution in [1.82, 2.24) is 10.2 Å². The number of nitrogens with zero attached hydrogens (tertiary/aromatic N) is 1. The predicted octanol–water partition coefficient (Wildman–Crippen LogP) is 4.01. The summed E-state index contributed by atoms with van der Waals surface area (Å²) in [7, 11) is 0. The van der Waals surface area contributed by atoms with Gasteiger partial charge in [0.1, 0.15) is 12.4 Å². The summed E-state index contributed by atoms with van der Waals surface area (Å²) in [6, 6.07) is 16.8. The molecule has 0 heterocycles. The van der Waals surface area contributed by atoms with Crippen LogP contribution in [0.15, 0.2) is 48.5 Å². The molecule has 0 aromatic heterocycles. The zero-order valence-corrected chi connectivity index (χ0v) is 15.2. The van der Waals surface area contributed by atoms with Crippen molar-refractivity contribution in [2.75, 3.05) is 26.2 Å². The molecule has 0 unspecified atom stereocenters. The molecule has 3 heteroatoms. The molecule has 0 aliphatic rings. The van der Waals surface area contributed by atoms with Crippen LogP contribution in [0, 0.1) is 6.92 Å². The van der Waals surface area contributed by atoms with E-state index in [0.717, 1.165) is 38.5 Å². The summed E-state index contributed by atoms with van der Waals surface area (Å²) in [5.41, 5.74) is 3.73. The molecule has 0 aliphatic heterocycles. The lowest BCUT2D eigenvalue weighted by Gasteiger charge is -2.18. The predicted molar refractivity (Wildman–Crippen MR) is 101 cm³/mol. The Bertz CT molecular complexity index is 608. The molecule has 3 nitrogen and oxygen atoms in total. The molecular formula is C21H30N2O. The molecule has 0 amide bonds. The maximum atomic E-state index is 5.93. The Kier molecular flexibility index (Phi) is 7.80. The second kappa shape index (κ2) is 10.1. The zero-order chi connectivity index (χ0) is 17.2. The normalized spacial score (nSPS) is 11.0. The van der Waals surface area contributed by atoms with E-state index in [1.54, 1.807) is 0 Å². The molecule has 0 saturated carbocycles. The van der Waals surface area contributed by atoms with Crippen molar-refractivity contribution < 1.29 is 4.74 Å². The molecule has 2 aromatic rings. The molecule has 0 bridgehead atoms. The van der Waals surface area contributed by atoms with Gasteiger partial charge in [-0.3, -0.25) is 0 Å². The van der Waals surface area contributed by atoms with Gasteiger partial charge in [0.25, 0.3) is 0 Å². The molecule has 0 aliphatic carbocycles. The first kappa shape index (κ1) is 18.5. The molecule has 24 heavy (non-hydrogen) atoms. The van der Waals surface area contributed by atoms with Crippen molar-refractivity contribution in [1.29, 1.82) is 0 Å². The SMILES string of the molecule is CCN(CC)CCNCc1cccc(OCc2cccc(C)c2)c1. The lowest BCUT2D eigenvalue weighted by molar-refractivity contribution is 0.301. The molecular weight excluding hydrogens is 296 g/mol. The summed E-state index contributed by atoms with van der Waals surface area (Å²) < 4.78 is 5.93. The number of ether oxygens (including phenoxy) is 1. The maximum absolute atomic E-state index is 5.93. The smallest absolute Gasteiger partial charge is 0.120 e. The van der Waals surface area contributed by atoms with Crippen molar-refractivity contribution in [3.05, 3.63) is 65.2 Å². The summed E-state index contributed by atoms with van der Waals surface area (Å²) in [6.07, 6.45) is 0. The summed E-state index contributed by atoms with van der Waals surface area (Å²) >= 11 is 0. The van der Waals surface area contributed by atoms with Gasteiger partial charge in [0.05, 0.1) is 0 Å². The van der Waals surface area contributed by atoms with E-state index in [4.69, 9.17) is 4.74 Å². The highest BCUT2D eigenvalue weighted by Crippen LogP contribution is 2.15. The number of aryl methyl sites for hydroxylation is 1. The van der Waals surface area contributed by atoms with Gasteiger partial charge in [0, 0.05) is 19.6 Å². The van der Waals surface area contributed by atoms with Crippen LogP contribution in [-0.4, -0.2) is 31.1 Å². The molecule has 2 aromatic carbocycles. The van der Waals surface area contributed by atoms with E-state index in [9.17, 15) is 0 Å². The van der Waals surface area contributed by atoms with E-state index in [-0.39, 0.29) is 0 Å². The molecule has 0 saturated heterocycles. The molecule has 130 valence electrons. The second-order valence-corrected chi connectivity index (χ2v) is 6.13. The Balaban J connectivity index is 1.78. The van der Waals surface area contributed by atoms with Gasteiger partial charge >= 0.3 is 0 Å². The lowest BCUT2D eigenvalue weighted by Crippen LogP contribution is -2.31. The number of likely N-dealkylation sites (N-methyl/N-ethyl adjacent to an activating group) is 1. The van der Waals surface area contributed by atoms with E-state index in [1.807, 2.05) is 6.07 Å². The van der Waals surface area contributed by atoms with Gasteiger partial charge in [-0.15, -0.1) is 0 Å². The Morgan fingerprint density at radius 1 is 0.958 bits per heavy atom. The van der Waals surface area contributed by atoms with Gasteiger partial charge in [0.2, 0.25) is 0 Å². The van der Waals surface area contributed by atoms with E-state index in [2.05, 4.69) is 73.5 Å². The van der Waals surface area contributed by atoms with Crippen LogP contribution in [0.1, 0.15) is 30.5 Å². The first-order valence-electron chi connectivity index (χ1n) is 8.91. The average molecular weight is 326 g/mol. The number of rotatable bonds is 10. The summed E-state index contributed by atoms with van der Waals surface area (Å²) in [4.78, 5) is 2.42. The molecule has 0 atom stereocenters. The van der Waals surface area contributed by atoms with Crippen molar-refractivity contribution in [2.45, 2.75) is 33.9 Å². The van der Waals surface area contributed by atoms with Crippen LogP contribution >= 0.6 is 0 Å². The standard InChI is InChI=1S/C21H30N2O/c1-4-23(5-2)13-12-22-16-19-9-7-11-21(15-19)24-17-20-10-6-8-18(3)14-20/h6-11,14-15,22H,4-5,12-13,16-17H2,1-3H3. The van der Waals surface area contributed by atoms with Gasteiger partial charge in [-0.25, -0.2) is 0 Å². The van der Waals surface area contributed by atoms with Crippen molar-refractivity contribution >= 4 is 0 Å². The van der Waals surface area contributed by atoms with Crippen LogP contribution in [0.3, 0.4) is 0 Å². The van der Waals surface area contributed by atoms with Crippen LogP contribution in [0.25, 0.3) is 0 Å². The van der Waals surface area contributed by atoms with Crippen LogP contribution in [0.5, 0.6) is 5.75 Å². The second-order valence-electron chi connectivity index (χ2n) is 6.13. The molecule has 1 N–H and O–H groups in total. The fraction of sp³-hybridized carbons (Fsp3) is 0.429. The number of nitrogens with one attached hydrogen (secondary N) is 1. The Hall–Kier alpha value is -1.84. The van der Waals surface area contributed by atoms with Gasteiger partial charge in [-0.1, -0.05) is 55.8 Å². The fourth-order valence-electron chi connectivity index (χ4n) is 2.72. The number of benzene rings is 2. The lowest BCUT2D eigenvalue weighted by atomic mass is 10.1. The number of hydrogen-bond acceptors (Lipinski definition) is 3. The molecule has 0 spiro atoms. The largest absolute Gasteiger partial charge is 0.489 e. The first-order valence-corrected chi connectivity index (χ1v) is 8.91. The minimum atomic E-state index is 0.612. The van der Waals surface area contributed by atoms with Gasteiger partial charge < -0.3 is 15.0 Å². The van der Waals surface area contributed by atoms with Crippen LogP contribution < -0.4 is 10.1 Å². The highest BCUT2D eigenvalue weighted by molar-refractivity contribution is 5.29.